The van der Waals surface area contributed by atoms with E-state index in [9.17, 15) is 4.79 Å². The lowest BCUT2D eigenvalue weighted by Gasteiger charge is -2.09. The summed E-state index contributed by atoms with van der Waals surface area (Å²) in [6.45, 7) is 0. The summed E-state index contributed by atoms with van der Waals surface area (Å²) in [7, 11) is 3.14. The van der Waals surface area contributed by atoms with E-state index >= 15 is 0 Å². The number of pyridine rings is 1. The van der Waals surface area contributed by atoms with Crippen molar-refractivity contribution >= 4 is 45.7 Å². The van der Waals surface area contributed by atoms with Crippen LogP contribution in [0.5, 0.6) is 11.5 Å². The van der Waals surface area contributed by atoms with E-state index in [2.05, 4.69) is 4.98 Å². The Balaban J connectivity index is 1.99. The van der Waals surface area contributed by atoms with E-state index in [1.165, 1.54) is 17.4 Å². The minimum atomic E-state index is -0.0616. The molecular formula is C18H14ClNO3S. The van der Waals surface area contributed by atoms with Gasteiger partial charge in [-0.2, -0.15) is 0 Å². The van der Waals surface area contributed by atoms with Crippen LogP contribution in [0.4, 0.5) is 0 Å². The number of rotatable bonds is 5. The van der Waals surface area contributed by atoms with Gasteiger partial charge in [0, 0.05) is 17.0 Å². The van der Waals surface area contributed by atoms with Crippen molar-refractivity contribution in [3.05, 3.63) is 57.4 Å². The van der Waals surface area contributed by atoms with Crippen molar-refractivity contribution in [3.8, 4) is 11.5 Å². The molecule has 0 spiro atoms. The minimum Gasteiger partial charge on any atom is -0.493 e. The number of nitrogens with zero attached hydrogens (tertiary/aromatic N) is 1. The van der Waals surface area contributed by atoms with Gasteiger partial charge in [-0.25, -0.2) is 4.98 Å². The molecule has 122 valence electrons. The van der Waals surface area contributed by atoms with Crippen LogP contribution in [0, 0.1) is 0 Å². The molecule has 2 heterocycles. The smallest absolute Gasteiger partial charge is 0.195 e. The number of hydrogen-bond donors (Lipinski definition) is 0. The van der Waals surface area contributed by atoms with Gasteiger partial charge in [0.05, 0.1) is 24.6 Å². The van der Waals surface area contributed by atoms with Gasteiger partial charge < -0.3 is 9.47 Å². The van der Waals surface area contributed by atoms with Crippen LogP contribution in [-0.2, 0) is 0 Å². The molecule has 0 saturated carbocycles. The van der Waals surface area contributed by atoms with Gasteiger partial charge in [-0.1, -0.05) is 17.7 Å². The van der Waals surface area contributed by atoms with Gasteiger partial charge in [0.15, 0.2) is 17.3 Å². The zero-order valence-corrected chi connectivity index (χ0v) is 14.6. The number of fused-ring (bicyclic) bond motifs is 1. The van der Waals surface area contributed by atoms with Gasteiger partial charge in [-0.3, -0.25) is 4.79 Å². The number of hydrogen-bond acceptors (Lipinski definition) is 5. The SMILES string of the molecule is COc1cc2cc(/C=C/C(=O)c3cccs3)c(Cl)nc2cc1OC. The summed E-state index contributed by atoms with van der Waals surface area (Å²) in [5.74, 6) is 1.14. The zero-order chi connectivity index (χ0) is 17.1. The summed E-state index contributed by atoms with van der Waals surface area (Å²) in [5.41, 5.74) is 1.36. The maximum atomic E-state index is 12.1. The van der Waals surface area contributed by atoms with E-state index in [-0.39, 0.29) is 5.78 Å². The van der Waals surface area contributed by atoms with Crippen LogP contribution in [0.1, 0.15) is 15.2 Å². The van der Waals surface area contributed by atoms with Crippen LogP contribution >= 0.6 is 22.9 Å². The molecule has 6 heteroatoms. The molecule has 0 fully saturated rings. The van der Waals surface area contributed by atoms with Crippen LogP contribution < -0.4 is 9.47 Å². The third-order valence-corrected chi connectivity index (χ3v) is 4.67. The second-order valence-electron chi connectivity index (χ2n) is 4.94. The van der Waals surface area contributed by atoms with Gasteiger partial charge in [0.1, 0.15) is 5.15 Å². The first kappa shape index (κ1) is 16.5. The lowest BCUT2D eigenvalue weighted by atomic mass is 10.1. The normalized spacial score (nSPS) is 11.1. The summed E-state index contributed by atoms with van der Waals surface area (Å²) < 4.78 is 10.6. The number of methoxy groups -OCH3 is 2. The third-order valence-electron chi connectivity index (χ3n) is 3.48. The summed E-state index contributed by atoms with van der Waals surface area (Å²) in [6.07, 6.45) is 3.18. The predicted octanol–water partition coefficient (Wildman–Crippen LogP) is 4.86. The standard InChI is InChI=1S/C18H14ClNO3S/c1-22-15-9-12-8-11(5-6-14(21)17-4-3-7-24-17)18(19)20-13(12)10-16(15)23-2/h3-10H,1-2H3/b6-5+. The highest BCUT2D eigenvalue weighted by Crippen LogP contribution is 2.33. The lowest BCUT2D eigenvalue weighted by molar-refractivity contribution is 0.105. The van der Waals surface area contributed by atoms with Gasteiger partial charge in [-0.15, -0.1) is 11.3 Å². The van der Waals surface area contributed by atoms with E-state index < -0.39 is 0 Å². The monoisotopic (exact) mass is 359 g/mol. The molecule has 1 aromatic carbocycles. The van der Waals surface area contributed by atoms with Crippen LogP contribution in [0.2, 0.25) is 5.15 Å². The molecule has 3 rings (SSSR count). The summed E-state index contributed by atoms with van der Waals surface area (Å²) in [5, 5.41) is 3.04. The number of halogens is 1. The van der Waals surface area contributed by atoms with Crippen LogP contribution in [0.15, 0.2) is 41.8 Å². The molecule has 0 N–H and O–H groups in total. The fourth-order valence-corrected chi connectivity index (χ4v) is 3.13. The van der Waals surface area contributed by atoms with Gasteiger partial charge in [-0.05, 0) is 35.7 Å². The fraction of sp³-hybridized carbons (Fsp3) is 0.111. The summed E-state index contributed by atoms with van der Waals surface area (Å²) in [4.78, 5) is 17.1. The maximum absolute atomic E-state index is 12.1. The Hall–Kier alpha value is -2.37. The number of ether oxygens (including phenoxy) is 2. The Kier molecular flexibility index (Phi) is 4.83. The number of ketones is 1. The highest BCUT2D eigenvalue weighted by molar-refractivity contribution is 7.12. The Labute approximate surface area is 148 Å². The first-order valence-corrected chi connectivity index (χ1v) is 8.36. The number of allylic oxidation sites excluding steroid dienone is 1. The second kappa shape index (κ2) is 7.03. The number of benzene rings is 1. The van der Waals surface area contributed by atoms with Gasteiger partial charge >= 0.3 is 0 Å². The van der Waals surface area contributed by atoms with Crippen molar-refractivity contribution in [1.29, 1.82) is 0 Å². The molecule has 0 aliphatic heterocycles. The van der Waals surface area contributed by atoms with Crippen molar-refractivity contribution in [2.45, 2.75) is 0 Å². The first-order valence-electron chi connectivity index (χ1n) is 7.10. The quantitative estimate of drug-likeness (QED) is 0.370. The highest BCUT2D eigenvalue weighted by Gasteiger charge is 2.10. The van der Waals surface area contributed by atoms with E-state index in [1.54, 1.807) is 32.4 Å². The van der Waals surface area contributed by atoms with Gasteiger partial charge in [0.25, 0.3) is 0 Å². The summed E-state index contributed by atoms with van der Waals surface area (Å²) in [6, 6.07) is 9.09. The van der Waals surface area contributed by atoms with Crippen molar-refractivity contribution in [1.82, 2.24) is 4.98 Å². The molecule has 0 aliphatic rings. The van der Waals surface area contributed by atoms with Crippen molar-refractivity contribution in [3.63, 3.8) is 0 Å². The number of thiophene rings is 1. The molecule has 0 atom stereocenters. The predicted molar refractivity (Wildman–Crippen MR) is 97.5 cm³/mol. The van der Waals surface area contributed by atoms with E-state index in [0.717, 1.165) is 5.39 Å². The molecule has 4 nitrogen and oxygen atoms in total. The molecule has 0 amide bonds. The van der Waals surface area contributed by atoms with Crippen LogP contribution in [-0.4, -0.2) is 25.0 Å². The summed E-state index contributed by atoms with van der Waals surface area (Å²) >= 11 is 7.64. The largest absolute Gasteiger partial charge is 0.493 e. The van der Waals surface area contributed by atoms with Crippen molar-refractivity contribution in [2.75, 3.05) is 14.2 Å². The topological polar surface area (TPSA) is 48.4 Å². The number of aromatic nitrogens is 1. The van der Waals surface area contributed by atoms with Crippen LogP contribution in [0.3, 0.4) is 0 Å². The second-order valence-corrected chi connectivity index (χ2v) is 6.25. The third kappa shape index (κ3) is 3.27. The van der Waals surface area contributed by atoms with Crippen molar-refractivity contribution < 1.29 is 14.3 Å². The van der Waals surface area contributed by atoms with E-state index in [1.807, 2.05) is 23.6 Å². The molecule has 0 bridgehead atoms. The highest BCUT2D eigenvalue weighted by atomic mass is 35.5. The Morgan fingerprint density at radius 1 is 1.21 bits per heavy atom. The first-order chi connectivity index (χ1) is 11.6. The molecular weight excluding hydrogens is 346 g/mol. The van der Waals surface area contributed by atoms with Crippen molar-refractivity contribution in [2.24, 2.45) is 0 Å². The fourth-order valence-electron chi connectivity index (χ4n) is 2.28. The maximum Gasteiger partial charge on any atom is 0.195 e. The van der Waals surface area contributed by atoms with Crippen LogP contribution in [0.25, 0.3) is 17.0 Å². The molecule has 0 saturated heterocycles. The number of carbonyl (C=O) groups excluding carboxylic acids is 1. The molecule has 0 unspecified atom stereocenters. The Morgan fingerprint density at radius 3 is 2.62 bits per heavy atom. The van der Waals surface area contributed by atoms with E-state index in [0.29, 0.717) is 32.6 Å². The average Bonchev–Trinajstić information content (AvgIpc) is 3.13. The average molecular weight is 360 g/mol. The molecule has 0 radical (unpaired) electrons. The molecule has 2 aromatic heterocycles. The molecule has 0 aliphatic carbocycles. The Bertz CT molecular complexity index is 920. The minimum absolute atomic E-state index is 0.0616. The number of carbonyl (C=O) groups is 1. The van der Waals surface area contributed by atoms with Gasteiger partial charge in [0.2, 0.25) is 0 Å². The zero-order valence-electron chi connectivity index (χ0n) is 13.1. The Morgan fingerprint density at radius 2 is 1.96 bits per heavy atom. The molecule has 3 aromatic rings. The lowest BCUT2D eigenvalue weighted by Crippen LogP contribution is -1.93. The van der Waals surface area contributed by atoms with E-state index in [4.69, 9.17) is 21.1 Å². The molecule has 24 heavy (non-hydrogen) atoms.